The number of nitrogens with zero attached hydrogens (tertiary/aromatic N) is 3. The molecule has 0 atom stereocenters. The zero-order valence-corrected chi connectivity index (χ0v) is 22.9. The summed E-state index contributed by atoms with van der Waals surface area (Å²) in [6.07, 6.45) is 3.87. The van der Waals surface area contributed by atoms with Crippen LogP contribution in [0.4, 0.5) is 4.79 Å². The average Bonchev–Trinajstić information content (AvgIpc) is 3.48. The zero-order valence-electron chi connectivity index (χ0n) is 19.7. The highest BCUT2D eigenvalue weighted by molar-refractivity contribution is 14.0. The molecule has 1 N–H and O–H groups in total. The number of ether oxygens (including phenoxy) is 1. The summed E-state index contributed by atoms with van der Waals surface area (Å²) in [6.45, 7) is 12.7. The quantitative estimate of drug-likeness (QED) is 0.273. The minimum Gasteiger partial charge on any atom is -0.444 e. The molecule has 1 amide bonds. The van der Waals surface area contributed by atoms with Crippen LogP contribution in [0.2, 0.25) is 0 Å². The molecule has 2 fully saturated rings. The average molecular weight is 573 g/mol. The number of piperidine rings is 1. The number of aliphatic imine (C=N–C) groups is 1. The van der Waals surface area contributed by atoms with Crippen LogP contribution in [0.3, 0.4) is 0 Å². The van der Waals surface area contributed by atoms with E-state index in [1.54, 1.807) is 6.92 Å². The number of nitrogens with one attached hydrogen (secondary N) is 1. The van der Waals surface area contributed by atoms with Gasteiger partial charge in [0.1, 0.15) is 5.60 Å². The predicted octanol–water partition coefficient (Wildman–Crippen LogP) is 3.12. The first kappa shape index (κ1) is 28.3. The second-order valence-electron chi connectivity index (χ2n) is 9.27. The Bertz CT molecular complexity index is 697. The lowest BCUT2D eigenvalue weighted by Crippen LogP contribution is -2.52. The molecular weight excluding hydrogens is 531 g/mol. The van der Waals surface area contributed by atoms with Crippen molar-refractivity contribution in [2.45, 2.75) is 71.9 Å². The van der Waals surface area contributed by atoms with E-state index in [0.717, 1.165) is 45.0 Å². The zero-order chi connectivity index (χ0) is 22.4. The Morgan fingerprint density at radius 2 is 1.77 bits per heavy atom. The lowest BCUT2D eigenvalue weighted by molar-refractivity contribution is 0.00928. The molecule has 0 radical (unpaired) electrons. The normalized spacial score (nSPS) is 18.4. The fourth-order valence-corrected chi connectivity index (χ4v) is 4.18. The maximum Gasteiger partial charge on any atom is 0.410 e. The molecule has 0 unspecified atom stereocenters. The summed E-state index contributed by atoms with van der Waals surface area (Å²) in [7, 11) is -3.02. The number of amides is 1. The molecule has 2 rings (SSSR count). The molecule has 1 aliphatic heterocycles. The minimum atomic E-state index is -3.02. The van der Waals surface area contributed by atoms with Gasteiger partial charge in [0.15, 0.2) is 15.8 Å². The molecule has 0 bridgehead atoms. The Labute approximate surface area is 205 Å². The van der Waals surface area contributed by atoms with E-state index >= 15 is 0 Å². The van der Waals surface area contributed by atoms with Crippen LogP contribution in [0.25, 0.3) is 0 Å². The van der Waals surface area contributed by atoms with E-state index in [2.05, 4.69) is 15.2 Å². The third kappa shape index (κ3) is 10.1. The van der Waals surface area contributed by atoms with Gasteiger partial charge in [-0.25, -0.2) is 13.2 Å². The summed E-state index contributed by atoms with van der Waals surface area (Å²) >= 11 is 0. The number of likely N-dealkylation sites (tertiary alicyclic amines) is 1. The van der Waals surface area contributed by atoms with E-state index in [-0.39, 0.29) is 54.2 Å². The van der Waals surface area contributed by atoms with Crippen LogP contribution < -0.4 is 5.32 Å². The Morgan fingerprint density at radius 1 is 1.16 bits per heavy atom. The monoisotopic (exact) mass is 572 g/mol. The van der Waals surface area contributed by atoms with Gasteiger partial charge in [0.2, 0.25) is 0 Å². The molecule has 0 aromatic rings. The van der Waals surface area contributed by atoms with Crippen molar-refractivity contribution in [3.05, 3.63) is 0 Å². The molecule has 0 spiro atoms. The van der Waals surface area contributed by atoms with E-state index in [0.29, 0.717) is 5.92 Å². The Kier molecular flexibility index (Phi) is 11.4. The first-order valence-corrected chi connectivity index (χ1v) is 13.1. The van der Waals surface area contributed by atoms with Crippen molar-refractivity contribution >= 4 is 45.9 Å². The number of hydrogen-bond acceptors (Lipinski definition) is 5. The summed E-state index contributed by atoms with van der Waals surface area (Å²) < 4.78 is 29.1. The summed E-state index contributed by atoms with van der Waals surface area (Å²) in [5, 5.41) is 3.27. The number of hydrogen-bond donors (Lipinski definition) is 1. The summed E-state index contributed by atoms with van der Waals surface area (Å²) in [4.78, 5) is 21.4. The van der Waals surface area contributed by atoms with Gasteiger partial charge in [-0.3, -0.25) is 4.99 Å². The van der Waals surface area contributed by atoms with Gasteiger partial charge in [-0.1, -0.05) is 6.92 Å². The van der Waals surface area contributed by atoms with Crippen LogP contribution in [0.15, 0.2) is 4.99 Å². The van der Waals surface area contributed by atoms with Crippen LogP contribution in [0.1, 0.15) is 60.3 Å². The van der Waals surface area contributed by atoms with Crippen LogP contribution in [-0.2, 0) is 14.6 Å². The van der Waals surface area contributed by atoms with E-state index in [4.69, 9.17) is 4.74 Å². The maximum absolute atomic E-state index is 12.8. The van der Waals surface area contributed by atoms with Gasteiger partial charge in [-0.05, 0) is 59.3 Å². The van der Waals surface area contributed by atoms with Gasteiger partial charge >= 0.3 is 6.09 Å². The SMILES string of the molecule is CCNC(=NCCS(=O)(=O)CC)N1CCC(N(CC2CC2)C(=O)OC(C)(C)C)CC1.I. The number of carbonyl (C=O) groups is 1. The fourth-order valence-electron chi connectivity index (χ4n) is 3.52. The molecule has 8 nitrogen and oxygen atoms in total. The molecule has 0 aromatic heterocycles. The van der Waals surface area contributed by atoms with Crippen molar-refractivity contribution < 1.29 is 17.9 Å². The molecule has 1 heterocycles. The van der Waals surface area contributed by atoms with Gasteiger partial charge in [0.05, 0.1) is 12.3 Å². The lowest BCUT2D eigenvalue weighted by Gasteiger charge is -2.40. The molecule has 1 aliphatic carbocycles. The molecule has 182 valence electrons. The standard InChI is InChI=1S/C21H40N4O4S.HI/c1-6-22-19(23-12-15-30(27,28)7-2)24-13-10-18(11-14-24)25(16-17-8-9-17)20(26)29-21(3,4)5;/h17-18H,6-16H2,1-5H3,(H,22,23);1H. The van der Waals surface area contributed by atoms with Crippen molar-refractivity contribution in [3.8, 4) is 0 Å². The number of sulfone groups is 1. The number of carbonyl (C=O) groups excluding carboxylic acids is 1. The third-order valence-electron chi connectivity index (χ3n) is 5.42. The van der Waals surface area contributed by atoms with Crippen LogP contribution in [0.5, 0.6) is 0 Å². The lowest BCUT2D eigenvalue weighted by atomic mass is 10.0. The van der Waals surface area contributed by atoms with Gasteiger partial charge < -0.3 is 19.9 Å². The largest absolute Gasteiger partial charge is 0.444 e. The van der Waals surface area contributed by atoms with E-state index in [1.165, 1.54) is 12.8 Å². The smallest absolute Gasteiger partial charge is 0.410 e. The van der Waals surface area contributed by atoms with Gasteiger partial charge in [0, 0.05) is 38.0 Å². The minimum absolute atomic E-state index is 0. The predicted molar refractivity (Wildman–Crippen MR) is 136 cm³/mol. The molecule has 2 aliphatic rings. The number of halogens is 1. The number of rotatable bonds is 8. The van der Waals surface area contributed by atoms with E-state index in [1.807, 2.05) is 32.6 Å². The highest BCUT2D eigenvalue weighted by Crippen LogP contribution is 2.32. The molecule has 1 saturated heterocycles. The Morgan fingerprint density at radius 3 is 2.26 bits per heavy atom. The van der Waals surface area contributed by atoms with Crippen LogP contribution in [-0.4, -0.2) is 86.1 Å². The van der Waals surface area contributed by atoms with Crippen LogP contribution in [0, 0.1) is 5.92 Å². The second-order valence-corrected chi connectivity index (χ2v) is 11.7. The van der Waals surface area contributed by atoms with Crippen molar-refractivity contribution in [2.24, 2.45) is 10.9 Å². The Balaban J connectivity index is 0.00000480. The van der Waals surface area contributed by atoms with Gasteiger partial charge in [-0.15, -0.1) is 24.0 Å². The molecule has 0 aromatic carbocycles. The van der Waals surface area contributed by atoms with Crippen molar-refractivity contribution in [1.82, 2.24) is 15.1 Å². The summed E-state index contributed by atoms with van der Waals surface area (Å²) in [5.74, 6) is 1.58. The topological polar surface area (TPSA) is 91.3 Å². The highest BCUT2D eigenvalue weighted by Gasteiger charge is 2.35. The highest BCUT2D eigenvalue weighted by atomic mass is 127. The Hall–Kier alpha value is -0.780. The first-order chi connectivity index (χ1) is 14.0. The molecule has 1 saturated carbocycles. The van der Waals surface area contributed by atoms with E-state index < -0.39 is 15.4 Å². The molecule has 10 heteroatoms. The van der Waals surface area contributed by atoms with E-state index in [9.17, 15) is 13.2 Å². The van der Waals surface area contributed by atoms with Gasteiger partial charge in [-0.2, -0.15) is 0 Å². The third-order valence-corrected chi connectivity index (χ3v) is 7.11. The van der Waals surface area contributed by atoms with Crippen LogP contribution >= 0.6 is 24.0 Å². The summed E-state index contributed by atoms with van der Waals surface area (Å²) in [6, 6.07) is 0.167. The van der Waals surface area contributed by atoms with Crippen molar-refractivity contribution in [2.75, 3.05) is 44.2 Å². The second kappa shape index (κ2) is 12.5. The van der Waals surface area contributed by atoms with Gasteiger partial charge in [0.25, 0.3) is 0 Å². The summed E-state index contributed by atoms with van der Waals surface area (Å²) in [5.41, 5.74) is -0.497. The fraction of sp³-hybridized carbons (Fsp3) is 0.905. The number of guanidine groups is 1. The molecule has 31 heavy (non-hydrogen) atoms. The van der Waals surface area contributed by atoms with Crippen molar-refractivity contribution in [1.29, 1.82) is 0 Å². The van der Waals surface area contributed by atoms with Crippen molar-refractivity contribution in [3.63, 3.8) is 0 Å². The molecular formula is C21H41IN4O4S. The first-order valence-electron chi connectivity index (χ1n) is 11.3. The maximum atomic E-state index is 12.8.